The molecular weight excluding hydrogens is 229 g/mol. The summed E-state index contributed by atoms with van der Waals surface area (Å²) in [7, 11) is 0. The summed E-state index contributed by atoms with van der Waals surface area (Å²) in [5.41, 5.74) is 4.47. The highest BCUT2D eigenvalue weighted by molar-refractivity contribution is 6.18. The zero-order valence-corrected chi connectivity index (χ0v) is 10.3. The molecule has 1 heterocycles. The van der Waals surface area contributed by atoms with Crippen LogP contribution in [0.1, 0.15) is 16.8 Å². The first-order valence-corrected chi connectivity index (χ1v) is 5.17. The van der Waals surface area contributed by atoms with Crippen molar-refractivity contribution in [2.24, 2.45) is 0 Å². The number of halogens is 2. The Hall–Kier alpha value is -0.790. The van der Waals surface area contributed by atoms with Crippen LogP contribution in [0.25, 0.3) is 10.9 Å². The fraction of sp³-hybridized carbons (Fsp3) is 0.250. The Morgan fingerprint density at radius 2 is 1.93 bits per heavy atom. The van der Waals surface area contributed by atoms with Crippen molar-refractivity contribution in [3.63, 3.8) is 0 Å². The molecule has 0 aliphatic carbocycles. The minimum Gasteiger partial charge on any atom is -0.253 e. The summed E-state index contributed by atoms with van der Waals surface area (Å²) >= 11 is 5.90. The maximum absolute atomic E-state index is 5.90. The predicted molar refractivity (Wildman–Crippen MR) is 68.0 cm³/mol. The normalized spacial score (nSPS) is 10.1. The quantitative estimate of drug-likeness (QED) is 0.688. The van der Waals surface area contributed by atoms with Crippen LogP contribution in [0.4, 0.5) is 0 Å². The van der Waals surface area contributed by atoms with Gasteiger partial charge in [-0.15, -0.1) is 24.0 Å². The molecule has 0 N–H and O–H groups in total. The van der Waals surface area contributed by atoms with Gasteiger partial charge in [-0.05, 0) is 37.6 Å². The molecule has 0 aliphatic heterocycles. The molecular formula is C12H13Cl2N. The number of aryl methyl sites for hydroxylation is 2. The number of fused-ring (bicyclic) bond motifs is 1. The predicted octanol–water partition coefficient (Wildman–Crippen LogP) is 4.01. The van der Waals surface area contributed by atoms with E-state index in [9.17, 15) is 0 Å². The first-order chi connectivity index (χ1) is 6.70. The van der Waals surface area contributed by atoms with E-state index in [1.54, 1.807) is 0 Å². The van der Waals surface area contributed by atoms with Crippen LogP contribution in [0.3, 0.4) is 0 Å². The molecule has 0 bridgehead atoms. The maximum atomic E-state index is 5.90. The monoisotopic (exact) mass is 241 g/mol. The Labute approximate surface area is 101 Å². The molecule has 0 saturated heterocycles. The highest BCUT2D eigenvalue weighted by Crippen LogP contribution is 2.21. The number of hydrogen-bond donors (Lipinski definition) is 0. The van der Waals surface area contributed by atoms with Crippen LogP contribution in [0.15, 0.2) is 24.3 Å². The van der Waals surface area contributed by atoms with Gasteiger partial charge in [-0.3, -0.25) is 4.98 Å². The molecule has 80 valence electrons. The van der Waals surface area contributed by atoms with E-state index in [4.69, 9.17) is 11.6 Å². The number of pyridine rings is 1. The minimum atomic E-state index is 0. The van der Waals surface area contributed by atoms with Gasteiger partial charge in [0.2, 0.25) is 0 Å². The molecule has 1 aromatic heterocycles. The summed E-state index contributed by atoms with van der Waals surface area (Å²) in [5, 5.41) is 1.17. The summed E-state index contributed by atoms with van der Waals surface area (Å²) in [6.45, 7) is 4.08. The van der Waals surface area contributed by atoms with E-state index in [-0.39, 0.29) is 12.4 Å². The fourth-order valence-electron chi connectivity index (χ4n) is 1.67. The number of aromatic nitrogens is 1. The number of nitrogens with zero attached hydrogens (tertiary/aromatic N) is 1. The molecule has 2 rings (SSSR count). The average molecular weight is 242 g/mol. The summed E-state index contributed by atoms with van der Waals surface area (Å²) < 4.78 is 0. The van der Waals surface area contributed by atoms with Crippen molar-refractivity contribution in [2.75, 3.05) is 0 Å². The van der Waals surface area contributed by atoms with Crippen LogP contribution in [0.5, 0.6) is 0 Å². The highest BCUT2D eigenvalue weighted by Gasteiger charge is 2.02. The van der Waals surface area contributed by atoms with Gasteiger partial charge >= 0.3 is 0 Å². The Bertz CT molecular complexity index is 480. The first-order valence-electron chi connectivity index (χ1n) is 4.63. The zero-order valence-electron chi connectivity index (χ0n) is 8.75. The molecule has 0 aliphatic rings. The van der Waals surface area contributed by atoms with Crippen molar-refractivity contribution in [3.05, 3.63) is 41.1 Å². The van der Waals surface area contributed by atoms with Crippen LogP contribution in [-0.2, 0) is 5.88 Å². The topological polar surface area (TPSA) is 12.9 Å². The Kier molecular flexibility index (Phi) is 3.95. The third-order valence-electron chi connectivity index (χ3n) is 2.32. The summed E-state index contributed by atoms with van der Waals surface area (Å²) in [4.78, 5) is 4.47. The molecule has 0 saturated carbocycles. The van der Waals surface area contributed by atoms with Crippen molar-refractivity contribution >= 4 is 34.9 Å². The lowest BCUT2D eigenvalue weighted by atomic mass is 10.1. The molecule has 15 heavy (non-hydrogen) atoms. The molecule has 0 unspecified atom stereocenters. The second-order valence-corrected chi connectivity index (χ2v) is 3.84. The molecule has 2 aromatic rings. The number of alkyl halides is 1. The lowest BCUT2D eigenvalue weighted by Gasteiger charge is -2.05. The van der Waals surface area contributed by atoms with Gasteiger partial charge in [0.1, 0.15) is 0 Å². The van der Waals surface area contributed by atoms with E-state index in [0.717, 1.165) is 16.8 Å². The smallest absolute Gasteiger partial charge is 0.0708 e. The molecule has 1 aromatic carbocycles. The van der Waals surface area contributed by atoms with Gasteiger partial charge in [-0.2, -0.15) is 0 Å². The second-order valence-electron chi connectivity index (χ2n) is 3.58. The van der Waals surface area contributed by atoms with Gasteiger partial charge < -0.3 is 0 Å². The van der Waals surface area contributed by atoms with E-state index in [2.05, 4.69) is 30.1 Å². The highest BCUT2D eigenvalue weighted by atomic mass is 35.5. The van der Waals surface area contributed by atoms with Gasteiger partial charge in [0.05, 0.1) is 5.52 Å². The van der Waals surface area contributed by atoms with Crippen LogP contribution in [0.2, 0.25) is 0 Å². The number of benzene rings is 1. The summed E-state index contributed by atoms with van der Waals surface area (Å²) in [6.07, 6.45) is 0. The van der Waals surface area contributed by atoms with Crippen molar-refractivity contribution < 1.29 is 0 Å². The van der Waals surface area contributed by atoms with Gasteiger partial charge in [0.15, 0.2) is 0 Å². The van der Waals surface area contributed by atoms with Crippen molar-refractivity contribution in [3.8, 4) is 0 Å². The van der Waals surface area contributed by atoms with Gasteiger partial charge in [0, 0.05) is 17.0 Å². The molecule has 0 atom stereocenters. The third-order valence-corrected chi connectivity index (χ3v) is 2.61. The Morgan fingerprint density at radius 1 is 1.20 bits per heavy atom. The van der Waals surface area contributed by atoms with Crippen molar-refractivity contribution in [1.29, 1.82) is 0 Å². The first kappa shape index (κ1) is 12.3. The van der Waals surface area contributed by atoms with Crippen LogP contribution < -0.4 is 0 Å². The minimum absolute atomic E-state index is 0. The average Bonchev–Trinajstić information content (AvgIpc) is 2.17. The molecule has 1 nitrogen and oxygen atoms in total. The molecule has 0 amide bonds. The van der Waals surface area contributed by atoms with Crippen molar-refractivity contribution in [1.82, 2.24) is 4.98 Å². The number of hydrogen-bond acceptors (Lipinski definition) is 1. The lowest BCUT2D eigenvalue weighted by molar-refractivity contribution is 1.22. The lowest BCUT2D eigenvalue weighted by Crippen LogP contribution is -1.90. The summed E-state index contributed by atoms with van der Waals surface area (Å²) in [5.74, 6) is 0.545. The fourth-order valence-corrected chi connectivity index (χ4v) is 1.89. The second kappa shape index (κ2) is 4.82. The third kappa shape index (κ3) is 2.42. The van der Waals surface area contributed by atoms with E-state index in [1.165, 1.54) is 10.9 Å². The molecule has 0 spiro atoms. The van der Waals surface area contributed by atoms with E-state index < -0.39 is 0 Å². The maximum Gasteiger partial charge on any atom is 0.0708 e. The van der Waals surface area contributed by atoms with E-state index in [1.807, 2.05) is 13.0 Å². The molecule has 0 fully saturated rings. The Morgan fingerprint density at radius 3 is 2.60 bits per heavy atom. The largest absolute Gasteiger partial charge is 0.253 e. The molecule has 0 radical (unpaired) electrons. The number of rotatable bonds is 1. The van der Waals surface area contributed by atoms with Gasteiger partial charge in [0.25, 0.3) is 0 Å². The standard InChI is InChI=1S/C12H12ClN.ClH/c1-8-3-4-12-11(5-8)10(7-13)6-9(2)14-12;/h3-6H,7H2,1-2H3;1H. The van der Waals surface area contributed by atoms with Gasteiger partial charge in [-0.1, -0.05) is 11.6 Å². The van der Waals surface area contributed by atoms with Crippen LogP contribution in [0, 0.1) is 13.8 Å². The van der Waals surface area contributed by atoms with Crippen LogP contribution in [-0.4, -0.2) is 4.98 Å². The van der Waals surface area contributed by atoms with Crippen LogP contribution >= 0.6 is 24.0 Å². The zero-order chi connectivity index (χ0) is 10.1. The van der Waals surface area contributed by atoms with Crippen molar-refractivity contribution in [2.45, 2.75) is 19.7 Å². The van der Waals surface area contributed by atoms with Gasteiger partial charge in [-0.25, -0.2) is 0 Å². The SMILES string of the molecule is Cc1ccc2nc(C)cc(CCl)c2c1.Cl. The van der Waals surface area contributed by atoms with E-state index >= 15 is 0 Å². The van der Waals surface area contributed by atoms with E-state index in [0.29, 0.717) is 5.88 Å². The Balaban J connectivity index is 0.00000112. The molecule has 3 heteroatoms. The summed E-state index contributed by atoms with van der Waals surface area (Å²) in [6, 6.07) is 8.31.